The molecule has 0 radical (unpaired) electrons. The summed E-state index contributed by atoms with van der Waals surface area (Å²) in [5.74, 6) is -7.91. The summed E-state index contributed by atoms with van der Waals surface area (Å²) < 4.78 is 107. The van der Waals surface area contributed by atoms with Crippen LogP contribution in [0, 0.1) is 10.1 Å². The Bertz CT molecular complexity index is 828. The van der Waals surface area contributed by atoms with Gasteiger partial charge in [0.15, 0.2) is 12.4 Å². The highest BCUT2D eigenvalue weighted by molar-refractivity contribution is 7.86. The number of benzene rings is 1. The van der Waals surface area contributed by atoms with Gasteiger partial charge in [0, 0.05) is 19.2 Å². The van der Waals surface area contributed by atoms with E-state index in [2.05, 4.69) is 0 Å². The molecule has 0 saturated carbocycles. The summed E-state index contributed by atoms with van der Waals surface area (Å²) in [6.07, 6.45) is -6.72. The highest BCUT2D eigenvalue weighted by Crippen LogP contribution is 2.49. The largest absolute Gasteiger partial charge is 0.477 e. The Balaban J connectivity index is 3.24. The molecule has 15 heteroatoms. The molecule has 7 nitrogen and oxygen atoms in total. The van der Waals surface area contributed by atoms with Gasteiger partial charge in [-0.3, -0.25) is 14.9 Å². The van der Waals surface area contributed by atoms with Crippen LogP contribution in [0.4, 0.5) is 36.4 Å². The van der Waals surface area contributed by atoms with Gasteiger partial charge in [-0.2, -0.15) is 30.7 Å². The molecular weight excluding hydrogens is 453 g/mol. The Hall–Kier alpha value is -2.45. The van der Waals surface area contributed by atoms with Crippen LogP contribution in [0.25, 0.3) is 0 Å². The van der Waals surface area contributed by atoms with Crippen molar-refractivity contribution in [2.45, 2.75) is 36.1 Å². The molecular formula is C15H15F7N2O5S. The molecule has 0 spiro atoms. The molecule has 1 rings (SSSR count). The Morgan fingerprint density at radius 3 is 2.10 bits per heavy atom. The van der Waals surface area contributed by atoms with Crippen LogP contribution in [0.3, 0.4) is 0 Å². The molecule has 0 heterocycles. The van der Waals surface area contributed by atoms with Crippen LogP contribution in [-0.2, 0) is 15.6 Å². The van der Waals surface area contributed by atoms with E-state index in [-0.39, 0.29) is 6.07 Å². The molecule has 1 atom stereocenters. The van der Waals surface area contributed by atoms with E-state index in [0.29, 0.717) is 25.2 Å². The van der Waals surface area contributed by atoms with Gasteiger partial charge in [0.2, 0.25) is 0 Å². The fourth-order valence-electron chi connectivity index (χ4n) is 2.11. The highest BCUT2D eigenvalue weighted by Gasteiger charge is 2.76. The van der Waals surface area contributed by atoms with Crippen molar-refractivity contribution in [3.8, 4) is 5.75 Å². The fourth-order valence-corrected chi connectivity index (χ4v) is 3.17. The van der Waals surface area contributed by atoms with Crippen molar-refractivity contribution in [2.75, 3.05) is 19.7 Å². The van der Waals surface area contributed by atoms with E-state index in [1.54, 1.807) is 13.8 Å². The van der Waals surface area contributed by atoms with E-state index in [4.69, 9.17) is 4.74 Å². The lowest BCUT2D eigenvalue weighted by atomic mass is 10.3. The Morgan fingerprint density at radius 2 is 1.67 bits per heavy atom. The second-order valence-corrected chi connectivity index (χ2v) is 7.12. The maximum atomic E-state index is 13.6. The Labute approximate surface area is 167 Å². The molecule has 0 fully saturated rings. The predicted molar refractivity (Wildman–Crippen MR) is 88.9 cm³/mol. The van der Waals surface area contributed by atoms with Gasteiger partial charge < -0.3 is 9.64 Å². The van der Waals surface area contributed by atoms with Crippen LogP contribution in [0.2, 0.25) is 0 Å². The van der Waals surface area contributed by atoms with Crippen molar-refractivity contribution in [1.82, 2.24) is 4.90 Å². The third-order valence-corrected chi connectivity index (χ3v) is 5.17. The maximum absolute atomic E-state index is 13.6. The number of amides is 1. The normalized spacial score (nSPS) is 13.6. The van der Waals surface area contributed by atoms with Crippen LogP contribution in [0.1, 0.15) is 13.8 Å². The average molecular weight is 468 g/mol. The van der Waals surface area contributed by atoms with Gasteiger partial charge in [0.1, 0.15) is 10.8 Å². The van der Waals surface area contributed by atoms with Crippen LogP contribution in [0.5, 0.6) is 5.75 Å². The summed E-state index contributed by atoms with van der Waals surface area (Å²) in [6.45, 7) is 3.17. The topological polar surface area (TPSA) is 89.8 Å². The molecule has 170 valence electrons. The number of carbonyl (C=O) groups is 1. The second kappa shape index (κ2) is 9.14. The molecule has 0 bridgehead atoms. The Morgan fingerprint density at radius 1 is 1.13 bits per heavy atom. The molecule has 0 aliphatic heterocycles. The van der Waals surface area contributed by atoms with E-state index < -0.39 is 61.9 Å². The van der Waals surface area contributed by atoms with Gasteiger partial charge in [-0.15, -0.1) is 0 Å². The standard InChI is InChI=1S/C15H15F7N2O5S/c1-3-23(4-2)12(25)8-29-11-6-5-9(7-10(11)24(26)27)30(28)15(21,22)13(16,17)14(18,19)20/h5-7H,3-4,8H2,1-2H3. The minimum Gasteiger partial charge on any atom is -0.477 e. The van der Waals surface area contributed by atoms with Crippen molar-refractivity contribution in [1.29, 1.82) is 0 Å². The van der Waals surface area contributed by atoms with Gasteiger partial charge in [-0.25, -0.2) is 4.21 Å². The van der Waals surface area contributed by atoms with Gasteiger partial charge in [0.05, 0.1) is 9.82 Å². The molecule has 0 N–H and O–H groups in total. The van der Waals surface area contributed by atoms with Gasteiger partial charge in [-0.1, -0.05) is 0 Å². The van der Waals surface area contributed by atoms with E-state index in [0.717, 1.165) is 0 Å². The molecule has 1 unspecified atom stereocenters. The van der Waals surface area contributed by atoms with Crippen molar-refractivity contribution in [3.63, 3.8) is 0 Å². The number of hydrogen-bond acceptors (Lipinski definition) is 5. The van der Waals surface area contributed by atoms with Crippen LogP contribution in [0.15, 0.2) is 23.1 Å². The first-order valence-electron chi connectivity index (χ1n) is 8.05. The minimum absolute atomic E-state index is 0.119. The number of halogens is 7. The highest BCUT2D eigenvalue weighted by atomic mass is 32.2. The zero-order valence-corrected chi connectivity index (χ0v) is 16.2. The number of ether oxygens (including phenoxy) is 1. The Kier molecular flexibility index (Phi) is 7.79. The van der Waals surface area contributed by atoms with Gasteiger partial charge >= 0.3 is 23.0 Å². The number of nitrogens with zero attached hydrogens (tertiary/aromatic N) is 2. The first-order chi connectivity index (χ1) is 13.6. The van der Waals surface area contributed by atoms with E-state index in [9.17, 15) is 49.9 Å². The summed E-state index contributed by atoms with van der Waals surface area (Å²) >= 11 is 0. The molecule has 1 aromatic rings. The summed E-state index contributed by atoms with van der Waals surface area (Å²) in [6, 6.07) is 1.09. The number of rotatable bonds is 9. The van der Waals surface area contributed by atoms with Gasteiger partial charge in [0.25, 0.3) is 5.91 Å². The molecule has 0 aliphatic rings. The van der Waals surface area contributed by atoms with Crippen molar-refractivity contribution in [3.05, 3.63) is 28.3 Å². The average Bonchev–Trinajstić information content (AvgIpc) is 2.65. The number of carbonyl (C=O) groups excluding carboxylic acids is 1. The van der Waals surface area contributed by atoms with Crippen LogP contribution < -0.4 is 4.74 Å². The molecule has 0 aliphatic carbocycles. The molecule has 0 saturated heterocycles. The fraction of sp³-hybridized carbons (Fsp3) is 0.533. The lowest BCUT2D eigenvalue weighted by Crippen LogP contribution is -2.54. The summed E-state index contributed by atoms with van der Waals surface area (Å²) in [5, 5.41) is 5.00. The first-order valence-corrected chi connectivity index (χ1v) is 9.20. The second-order valence-electron chi connectivity index (χ2n) is 5.60. The van der Waals surface area contributed by atoms with Crippen molar-refractivity contribution < 1.29 is 49.4 Å². The molecule has 1 aromatic carbocycles. The number of hydrogen-bond donors (Lipinski definition) is 0. The molecule has 0 aromatic heterocycles. The summed E-state index contributed by atoms with van der Waals surface area (Å²) in [4.78, 5) is 21.7. The molecule has 30 heavy (non-hydrogen) atoms. The number of nitro benzene ring substituents is 1. The van der Waals surface area contributed by atoms with Crippen LogP contribution in [-0.4, -0.2) is 57.0 Å². The lowest BCUT2D eigenvalue weighted by Gasteiger charge is -2.27. The monoisotopic (exact) mass is 468 g/mol. The zero-order chi connectivity index (χ0) is 23.5. The third kappa shape index (κ3) is 4.99. The van der Waals surface area contributed by atoms with Gasteiger partial charge in [-0.05, 0) is 26.0 Å². The zero-order valence-electron chi connectivity index (χ0n) is 15.3. The smallest absolute Gasteiger partial charge is 0.461 e. The number of nitro groups is 1. The van der Waals surface area contributed by atoms with E-state index in [1.165, 1.54) is 4.90 Å². The van der Waals surface area contributed by atoms with E-state index in [1.807, 2.05) is 0 Å². The molecule has 1 amide bonds. The number of alkyl halides is 7. The maximum Gasteiger partial charge on any atom is 0.461 e. The van der Waals surface area contributed by atoms with Crippen molar-refractivity contribution >= 4 is 22.4 Å². The predicted octanol–water partition coefficient (Wildman–Crippen LogP) is 3.74. The van der Waals surface area contributed by atoms with Crippen LogP contribution >= 0.6 is 0 Å². The third-order valence-electron chi connectivity index (χ3n) is 3.76. The van der Waals surface area contributed by atoms with E-state index >= 15 is 0 Å². The summed E-state index contributed by atoms with van der Waals surface area (Å²) in [7, 11) is -4.31. The first kappa shape index (κ1) is 25.6. The quantitative estimate of drug-likeness (QED) is 0.313. The SMILES string of the molecule is CCN(CC)C(=O)COc1ccc(S(=O)C(F)(F)C(F)(F)C(F)(F)F)cc1[N+](=O)[O-]. The lowest BCUT2D eigenvalue weighted by molar-refractivity contribution is -0.386. The number of likely N-dealkylation sites (N-methyl/N-ethyl adjacent to an activating group) is 1. The van der Waals surface area contributed by atoms with Crippen molar-refractivity contribution in [2.24, 2.45) is 0 Å². The minimum atomic E-state index is -6.72. The summed E-state index contributed by atoms with van der Waals surface area (Å²) in [5.41, 5.74) is -1.15.